The molecule has 1 amide bonds. The maximum atomic E-state index is 12.1. The van der Waals surface area contributed by atoms with Crippen molar-refractivity contribution in [1.29, 1.82) is 0 Å². The summed E-state index contributed by atoms with van der Waals surface area (Å²) in [6.07, 6.45) is 0.491. The molecule has 1 atom stereocenters. The summed E-state index contributed by atoms with van der Waals surface area (Å²) in [5.41, 5.74) is 6.16. The normalized spacial score (nSPS) is 13.5. The summed E-state index contributed by atoms with van der Waals surface area (Å²) >= 11 is 11.9. The number of rotatable bonds is 5. The Morgan fingerprint density at radius 1 is 1.14 bits per heavy atom. The fourth-order valence-electron chi connectivity index (χ4n) is 2.28. The van der Waals surface area contributed by atoms with Gasteiger partial charge in [0.1, 0.15) is 5.54 Å². The third-order valence-corrected chi connectivity index (χ3v) is 3.96. The molecule has 0 bridgehead atoms. The van der Waals surface area contributed by atoms with Crippen molar-refractivity contribution in [3.8, 4) is 0 Å². The quantitative estimate of drug-likeness (QED) is 0.866. The molecule has 0 radical (unpaired) electrons. The second-order valence-corrected chi connectivity index (χ2v) is 5.64. The predicted octanol–water partition coefficient (Wildman–Crippen LogP) is 4.20. The van der Waals surface area contributed by atoms with Crippen molar-refractivity contribution in [2.45, 2.75) is 18.9 Å². The summed E-state index contributed by atoms with van der Waals surface area (Å²) in [4.78, 5) is 12.1. The Balaban J connectivity index is 2.46. The van der Waals surface area contributed by atoms with Gasteiger partial charge in [-0.25, -0.2) is 0 Å². The number of amides is 1. The van der Waals surface area contributed by atoms with Crippen LogP contribution in [0.2, 0.25) is 10.0 Å². The van der Waals surface area contributed by atoms with Crippen molar-refractivity contribution in [3.63, 3.8) is 0 Å². The summed E-state index contributed by atoms with van der Waals surface area (Å²) in [6, 6.07) is 14.3. The first kappa shape index (κ1) is 15.7. The van der Waals surface area contributed by atoms with Crippen LogP contribution in [0.5, 0.6) is 0 Å². The molecule has 21 heavy (non-hydrogen) atoms. The predicted molar refractivity (Wildman–Crippen MR) is 87.7 cm³/mol. The third-order valence-electron chi connectivity index (χ3n) is 3.47. The highest BCUT2D eigenvalue weighted by molar-refractivity contribution is 6.31. The minimum absolute atomic E-state index is 0.456. The van der Waals surface area contributed by atoms with Gasteiger partial charge in [0.25, 0.3) is 0 Å². The molecule has 0 saturated heterocycles. The second kappa shape index (κ2) is 6.37. The van der Waals surface area contributed by atoms with E-state index in [-0.39, 0.29) is 0 Å². The van der Waals surface area contributed by atoms with Gasteiger partial charge in [-0.1, -0.05) is 42.3 Å². The van der Waals surface area contributed by atoms with E-state index in [1.165, 1.54) is 0 Å². The van der Waals surface area contributed by atoms with Gasteiger partial charge in [0.05, 0.1) is 0 Å². The van der Waals surface area contributed by atoms with Crippen LogP contribution in [0.25, 0.3) is 0 Å². The van der Waals surface area contributed by atoms with Gasteiger partial charge in [-0.05, 0) is 48.4 Å². The topological polar surface area (TPSA) is 55.1 Å². The lowest BCUT2D eigenvalue weighted by atomic mass is 9.86. The van der Waals surface area contributed by atoms with E-state index < -0.39 is 11.4 Å². The Morgan fingerprint density at radius 2 is 1.81 bits per heavy atom. The summed E-state index contributed by atoms with van der Waals surface area (Å²) in [5, 5.41) is 4.41. The first-order valence-corrected chi connectivity index (χ1v) is 7.33. The SMILES string of the molecule is CCC(Nc1ccc(Cl)cc1)(C(N)=O)c1cccc(Cl)c1. The van der Waals surface area contributed by atoms with Gasteiger partial charge >= 0.3 is 0 Å². The van der Waals surface area contributed by atoms with E-state index in [0.717, 1.165) is 11.3 Å². The van der Waals surface area contributed by atoms with Gasteiger partial charge in [0.2, 0.25) is 5.91 Å². The van der Waals surface area contributed by atoms with Gasteiger partial charge in [-0.2, -0.15) is 0 Å². The van der Waals surface area contributed by atoms with E-state index in [9.17, 15) is 4.79 Å². The Morgan fingerprint density at radius 3 is 2.33 bits per heavy atom. The Kier molecular flexibility index (Phi) is 4.76. The molecule has 2 rings (SSSR count). The number of carbonyl (C=O) groups excluding carboxylic acids is 1. The molecule has 0 aliphatic heterocycles. The molecule has 0 aliphatic carbocycles. The first-order valence-electron chi connectivity index (χ1n) is 6.57. The fraction of sp³-hybridized carbons (Fsp3) is 0.188. The monoisotopic (exact) mass is 322 g/mol. The van der Waals surface area contributed by atoms with Gasteiger partial charge in [-0.3, -0.25) is 4.79 Å². The smallest absolute Gasteiger partial charge is 0.247 e. The standard InChI is InChI=1S/C16H16Cl2N2O/c1-2-16(15(19)21,11-4-3-5-13(18)10-11)20-14-8-6-12(17)7-9-14/h3-10,20H,2H2,1H3,(H2,19,21). The van der Waals surface area contributed by atoms with Crippen LogP contribution in [0, 0.1) is 0 Å². The number of hydrogen-bond acceptors (Lipinski definition) is 2. The lowest BCUT2D eigenvalue weighted by molar-refractivity contribution is -0.122. The molecular weight excluding hydrogens is 307 g/mol. The number of carbonyl (C=O) groups is 1. The lowest BCUT2D eigenvalue weighted by Crippen LogP contribution is -2.47. The van der Waals surface area contributed by atoms with Crippen molar-refractivity contribution in [1.82, 2.24) is 0 Å². The minimum atomic E-state index is -1.02. The maximum Gasteiger partial charge on any atom is 0.247 e. The first-order chi connectivity index (χ1) is 9.98. The Bertz CT molecular complexity index is 643. The van der Waals surface area contributed by atoms with E-state index in [0.29, 0.717) is 16.5 Å². The molecule has 1 unspecified atom stereocenters. The van der Waals surface area contributed by atoms with Gasteiger partial charge < -0.3 is 11.1 Å². The number of anilines is 1. The highest BCUT2D eigenvalue weighted by Gasteiger charge is 2.36. The van der Waals surface area contributed by atoms with E-state index in [1.807, 2.05) is 13.0 Å². The van der Waals surface area contributed by atoms with E-state index in [4.69, 9.17) is 28.9 Å². The summed E-state index contributed by atoms with van der Waals surface area (Å²) in [6.45, 7) is 1.90. The highest BCUT2D eigenvalue weighted by Crippen LogP contribution is 2.31. The molecule has 2 aromatic rings. The van der Waals surface area contributed by atoms with E-state index in [2.05, 4.69) is 5.32 Å². The molecular formula is C16H16Cl2N2O. The van der Waals surface area contributed by atoms with Crippen LogP contribution in [-0.4, -0.2) is 5.91 Å². The molecule has 0 heterocycles. The number of nitrogens with two attached hydrogens (primary N) is 1. The molecule has 3 nitrogen and oxygen atoms in total. The van der Waals surface area contributed by atoms with Crippen LogP contribution in [0.4, 0.5) is 5.69 Å². The zero-order chi connectivity index (χ0) is 15.5. The van der Waals surface area contributed by atoms with Crippen LogP contribution in [0.3, 0.4) is 0 Å². The van der Waals surface area contributed by atoms with Gasteiger partial charge in [0, 0.05) is 15.7 Å². The minimum Gasteiger partial charge on any atom is -0.368 e. The van der Waals surface area contributed by atoms with Crippen molar-refractivity contribution in [2.24, 2.45) is 5.73 Å². The Labute approximate surface area is 134 Å². The molecule has 0 aliphatic rings. The van der Waals surface area contributed by atoms with Crippen molar-refractivity contribution in [3.05, 3.63) is 64.1 Å². The summed E-state index contributed by atoms with van der Waals surface area (Å²) < 4.78 is 0. The number of hydrogen-bond donors (Lipinski definition) is 2. The molecule has 3 N–H and O–H groups in total. The van der Waals surface area contributed by atoms with Crippen LogP contribution in [0.1, 0.15) is 18.9 Å². The fourth-order valence-corrected chi connectivity index (χ4v) is 2.59. The van der Waals surface area contributed by atoms with Crippen LogP contribution >= 0.6 is 23.2 Å². The number of halogens is 2. The molecule has 0 aromatic heterocycles. The van der Waals surface area contributed by atoms with Gasteiger partial charge in [-0.15, -0.1) is 0 Å². The maximum absolute atomic E-state index is 12.1. The third kappa shape index (κ3) is 3.31. The second-order valence-electron chi connectivity index (χ2n) is 4.77. The molecule has 2 aromatic carbocycles. The van der Waals surface area contributed by atoms with Crippen LogP contribution < -0.4 is 11.1 Å². The molecule has 0 spiro atoms. The summed E-state index contributed by atoms with van der Waals surface area (Å²) in [5.74, 6) is -0.456. The Hall–Kier alpha value is -1.71. The van der Waals surface area contributed by atoms with Gasteiger partial charge in [0.15, 0.2) is 0 Å². The van der Waals surface area contributed by atoms with Crippen LogP contribution in [0.15, 0.2) is 48.5 Å². The van der Waals surface area contributed by atoms with Crippen molar-refractivity contribution in [2.75, 3.05) is 5.32 Å². The van der Waals surface area contributed by atoms with Crippen molar-refractivity contribution >= 4 is 34.8 Å². The highest BCUT2D eigenvalue weighted by atomic mass is 35.5. The lowest BCUT2D eigenvalue weighted by Gasteiger charge is -2.32. The number of primary amides is 1. The van der Waals surface area contributed by atoms with E-state index >= 15 is 0 Å². The van der Waals surface area contributed by atoms with E-state index in [1.54, 1.807) is 42.5 Å². The molecule has 0 saturated carbocycles. The van der Waals surface area contributed by atoms with Crippen molar-refractivity contribution < 1.29 is 4.79 Å². The molecule has 110 valence electrons. The molecule has 0 fully saturated rings. The number of benzene rings is 2. The largest absolute Gasteiger partial charge is 0.368 e. The molecule has 5 heteroatoms. The summed E-state index contributed by atoms with van der Waals surface area (Å²) in [7, 11) is 0. The van der Waals surface area contributed by atoms with Crippen LogP contribution in [-0.2, 0) is 10.3 Å². The average molecular weight is 323 g/mol. The zero-order valence-electron chi connectivity index (χ0n) is 11.6. The number of nitrogens with one attached hydrogen (secondary N) is 1. The zero-order valence-corrected chi connectivity index (χ0v) is 13.1. The average Bonchev–Trinajstić information content (AvgIpc) is 2.46.